The molecule has 4 heterocycles. The van der Waals surface area contributed by atoms with Gasteiger partial charge in [0.15, 0.2) is 11.4 Å². The van der Waals surface area contributed by atoms with Crippen LogP contribution in [0, 0.1) is 13.8 Å². The van der Waals surface area contributed by atoms with E-state index in [4.69, 9.17) is 9.40 Å². The molecule has 0 unspecified atom stereocenters. The van der Waals surface area contributed by atoms with Crippen LogP contribution in [0.2, 0.25) is 0 Å². The molecule has 0 saturated heterocycles. The zero-order chi connectivity index (χ0) is 18.9. The number of pyridine rings is 2. The van der Waals surface area contributed by atoms with Crippen molar-refractivity contribution in [1.82, 2.24) is 9.97 Å². The number of furan rings is 1. The maximum atomic E-state index is 6.30. The van der Waals surface area contributed by atoms with Crippen molar-refractivity contribution in [2.24, 2.45) is 0 Å². The first-order valence-corrected chi connectivity index (χ1v) is 9.18. The standard InChI is InChI=1S/C22H22N4O/c1-13-8-10-15-16-11-9-14(2)24-21(16)27-19(15)18(13)26-20-17(7-6-12-23-20)25(5)22(26,3)4/h6-12H,1-5H3. The average molecular weight is 358 g/mol. The lowest BCUT2D eigenvalue weighted by Gasteiger charge is -2.38. The van der Waals surface area contributed by atoms with Crippen LogP contribution in [0.3, 0.4) is 0 Å². The Balaban J connectivity index is 1.87. The SMILES string of the molecule is Cc1ccc2c(n1)oc1c(N3c4ncccc4N(C)C3(C)C)c(C)ccc12. The Hall–Kier alpha value is -3.08. The molecule has 0 aliphatic carbocycles. The van der Waals surface area contributed by atoms with Crippen LogP contribution in [0.15, 0.2) is 47.0 Å². The van der Waals surface area contributed by atoms with E-state index < -0.39 is 0 Å². The van der Waals surface area contributed by atoms with Gasteiger partial charge in [-0.2, -0.15) is 0 Å². The quantitative estimate of drug-likeness (QED) is 0.461. The summed E-state index contributed by atoms with van der Waals surface area (Å²) in [6.45, 7) is 8.52. The van der Waals surface area contributed by atoms with E-state index in [1.807, 2.05) is 25.3 Å². The molecule has 5 heteroatoms. The largest absolute Gasteiger partial charge is 0.435 e. The number of rotatable bonds is 1. The Morgan fingerprint density at radius 3 is 2.59 bits per heavy atom. The van der Waals surface area contributed by atoms with E-state index in [0.717, 1.165) is 44.8 Å². The topological polar surface area (TPSA) is 45.4 Å². The minimum Gasteiger partial charge on any atom is -0.435 e. The number of anilines is 3. The predicted octanol–water partition coefficient (Wildman–Crippen LogP) is 5.32. The zero-order valence-corrected chi connectivity index (χ0v) is 16.2. The molecule has 0 fully saturated rings. The third-order valence-corrected chi connectivity index (χ3v) is 5.75. The maximum absolute atomic E-state index is 6.30. The Labute approximate surface area is 158 Å². The highest BCUT2D eigenvalue weighted by atomic mass is 16.3. The first-order valence-electron chi connectivity index (χ1n) is 9.18. The fourth-order valence-electron chi connectivity index (χ4n) is 4.08. The summed E-state index contributed by atoms with van der Waals surface area (Å²) in [5, 5.41) is 2.13. The van der Waals surface area contributed by atoms with Crippen LogP contribution in [-0.4, -0.2) is 22.7 Å². The lowest BCUT2D eigenvalue weighted by atomic mass is 10.1. The number of hydrogen-bond donors (Lipinski definition) is 0. The molecular weight excluding hydrogens is 336 g/mol. The van der Waals surface area contributed by atoms with Crippen LogP contribution < -0.4 is 9.80 Å². The van der Waals surface area contributed by atoms with E-state index in [1.165, 1.54) is 0 Å². The minimum atomic E-state index is -0.280. The number of nitrogens with zero attached hydrogens (tertiary/aromatic N) is 4. The van der Waals surface area contributed by atoms with Crippen LogP contribution in [0.25, 0.3) is 22.1 Å². The van der Waals surface area contributed by atoms with Gasteiger partial charge in [0.1, 0.15) is 5.66 Å². The molecule has 27 heavy (non-hydrogen) atoms. The summed E-state index contributed by atoms with van der Waals surface area (Å²) in [6.07, 6.45) is 1.85. The highest BCUT2D eigenvalue weighted by Gasteiger charge is 2.44. The molecule has 4 aromatic rings. The molecule has 0 N–H and O–H groups in total. The number of benzene rings is 1. The smallest absolute Gasteiger partial charge is 0.227 e. The summed E-state index contributed by atoms with van der Waals surface area (Å²) in [5.74, 6) is 0.949. The van der Waals surface area contributed by atoms with Gasteiger partial charge in [-0.25, -0.2) is 9.97 Å². The average Bonchev–Trinajstić information content (AvgIpc) is 3.09. The van der Waals surface area contributed by atoms with E-state index >= 15 is 0 Å². The lowest BCUT2D eigenvalue weighted by molar-refractivity contribution is 0.517. The highest BCUT2D eigenvalue weighted by molar-refractivity contribution is 6.10. The van der Waals surface area contributed by atoms with Crippen molar-refractivity contribution >= 4 is 39.3 Å². The molecule has 5 rings (SSSR count). The Bertz CT molecular complexity index is 1210. The third kappa shape index (κ3) is 2.05. The molecule has 0 amide bonds. The zero-order valence-electron chi connectivity index (χ0n) is 16.2. The summed E-state index contributed by atoms with van der Waals surface area (Å²) in [6, 6.07) is 12.5. The van der Waals surface area contributed by atoms with Gasteiger partial charge in [-0.15, -0.1) is 0 Å². The lowest BCUT2D eigenvalue weighted by Crippen LogP contribution is -2.49. The number of aryl methyl sites for hydroxylation is 2. The fraction of sp³-hybridized carbons (Fsp3) is 0.273. The highest BCUT2D eigenvalue weighted by Crippen LogP contribution is 2.50. The third-order valence-electron chi connectivity index (χ3n) is 5.75. The summed E-state index contributed by atoms with van der Waals surface area (Å²) in [4.78, 5) is 13.9. The number of hydrogen-bond acceptors (Lipinski definition) is 5. The second-order valence-corrected chi connectivity index (χ2v) is 7.75. The van der Waals surface area contributed by atoms with E-state index in [1.54, 1.807) is 0 Å². The van der Waals surface area contributed by atoms with E-state index in [-0.39, 0.29) is 5.66 Å². The summed E-state index contributed by atoms with van der Waals surface area (Å²) < 4.78 is 6.30. The number of fused-ring (bicyclic) bond motifs is 4. The Morgan fingerprint density at radius 1 is 1.00 bits per heavy atom. The molecule has 0 radical (unpaired) electrons. The Kier molecular flexibility index (Phi) is 3.12. The molecule has 3 aromatic heterocycles. The fourth-order valence-corrected chi connectivity index (χ4v) is 4.08. The minimum absolute atomic E-state index is 0.280. The van der Waals surface area contributed by atoms with Crippen LogP contribution in [0.5, 0.6) is 0 Å². The summed E-state index contributed by atoms with van der Waals surface area (Å²) >= 11 is 0. The molecule has 1 aromatic carbocycles. The molecule has 5 nitrogen and oxygen atoms in total. The van der Waals surface area contributed by atoms with Crippen LogP contribution in [-0.2, 0) is 0 Å². The van der Waals surface area contributed by atoms with Crippen molar-refractivity contribution in [2.45, 2.75) is 33.4 Å². The van der Waals surface area contributed by atoms with Crippen LogP contribution in [0.1, 0.15) is 25.1 Å². The van der Waals surface area contributed by atoms with Crippen molar-refractivity contribution in [3.8, 4) is 0 Å². The monoisotopic (exact) mass is 358 g/mol. The van der Waals surface area contributed by atoms with Crippen LogP contribution >= 0.6 is 0 Å². The van der Waals surface area contributed by atoms with Crippen molar-refractivity contribution in [2.75, 3.05) is 16.8 Å². The van der Waals surface area contributed by atoms with Crippen molar-refractivity contribution < 1.29 is 4.42 Å². The van der Waals surface area contributed by atoms with Gasteiger partial charge in [0, 0.05) is 29.7 Å². The molecule has 136 valence electrons. The van der Waals surface area contributed by atoms with Gasteiger partial charge >= 0.3 is 0 Å². The van der Waals surface area contributed by atoms with E-state index in [9.17, 15) is 0 Å². The Morgan fingerprint density at radius 2 is 1.78 bits per heavy atom. The van der Waals surface area contributed by atoms with Crippen molar-refractivity contribution in [3.63, 3.8) is 0 Å². The first-order chi connectivity index (χ1) is 12.9. The maximum Gasteiger partial charge on any atom is 0.227 e. The molecule has 1 aliphatic rings. The normalized spacial score (nSPS) is 15.7. The van der Waals surface area contributed by atoms with E-state index in [2.05, 4.69) is 66.9 Å². The summed E-state index contributed by atoms with van der Waals surface area (Å²) in [7, 11) is 2.11. The second-order valence-electron chi connectivity index (χ2n) is 7.75. The molecule has 0 spiro atoms. The van der Waals surface area contributed by atoms with Gasteiger partial charge in [0.25, 0.3) is 0 Å². The molecular formula is C22H22N4O. The van der Waals surface area contributed by atoms with Crippen molar-refractivity contribution in [3.05, 3.63) is 53.9 Å². The predicted molar refractivity (Wildman–Crippen MR) is 110 cm³/mol. The van der Waals surface area contributed by atoms with Gasteiger partial charge < -0.3 is 9.32 Å². The first kappa shape index (κ1) is 16.1. The van der Waals surface area contributed by atoms with Gasteiger partial charge in [-0.05, 0) is 57.5 Å². The molecule has 1 aliphatic heterocycles. The van der Waals surface area contributed by atoms with Gasteiger partial charge in [-0.3, -0.25) is 4.90 Å². The van der Waals surface area contributed by atoms with Crippen LogP contribution in [0.4, 0.5) is 17.2 Å². The molecule has 0 saturated carbocycles. The number of aromatic nitrogens is 2. The molecule has 0 bridgehead atoms. The van der Waals surface area contributed by atoms with Gasteiger partial charge in [-0.1, -0.05) is 12.1 Å². The summed E-state index contributed by atoms with van der Waals surface area (Å²) in [5.41, 5.74) is 5.54. The second kappa shape index (κ2) is 5.22. The van der Waals surface area contributed by atoms with Gasteiger partial charge in [0.2, 0.25) is 5.71 Å². The van der Waals surface area contributed by atoms with Crippen molar-refractivity contribution in [1.29, 1.82) is 0 Å². The molecule has 0 atom stereocenters. The van der Waals surface area contributed by atoms with Gasteiger partial charge in [0.05, 0.1) is 11.4 Å². The van der Waals surface area contributed by atoms with E-state index in [0.29, 0.717) is 5.71 Å².